The summed E-state index contributed by atoms with van der Waals surface area (Å²) in [5.74, 6) is 1.40. The highest BCUT2D eigenvalue weighted by atomic mass is 14.6. The molecule has 0 aliphatic carbocycles. The Labute approximate surface area is 96.1 Å². The van der Waals surface area contributed by atoms with E-state index in [4.69, 9.17) is 5.73 Å². The topological polar surface area (TPSA) is 26.0 Å². The van der Waals surface area contributed by atoms with Crippen LogP contribution in [0.5, 0.6) is 0 Å². The average Bonchev–Trinajstić information content (AvgIpc) is 2.10. The highest BCUT2D eigenvalue weighted by Crippen LogP contribution is 2.22. The van der Waals surface area contributed by atoms with E-state index in [0.29, 0.717) is 5.92 Å². The molecule has 0 atom stereocenters. The van der Waals surface area contributed by atoms with E-state index < -0.39 is 0 Å². The standard InChI is InChI=1S/C14H29N/c1-6-7-8-13(9-11(2)3)14(15)10-12(4)5/h11-12H,6-10,15H2,1-5H3/b14-13-. The van der Waals surface area contributed by atoms with Gasteiger partial charge in [0, 0.05) is 5.70 Å². The zero-order valence-corrected chi connectivity index (χ0v) is 11.3. The first-order valence-corrected chi connectivity index (χ1v) is 6.43. The molecule has 0 aromatic rings. The van der Waals surface area contributed by atoms with Crippen LogP contribution in [0.2, 0.25) is 0 Å². The number of unbranched alkanes of at least 4 members (excludes halogenated alkanes) is 1. The molecule has 0 aliphatic rings. The third-order valence-corrected chi connectivity index (χ3v) is 2.57. The Hall–Kier alpha value is -0.460. The Balaban J connectivity index is 4.41. The summed E-state index contributed by atoms with van der Waals surface area (Å²) in [6, 6.07) is 0. The number of hydrogen-bond acceptors (Lipinski definition) is 1. The minimum absolute atomic E-state index is 0.675. The molecule has 90 valence electrons. The zero-order chi connectivity index (χ0) is 11.8. The lowest BCUT2D eigenvalue weighted by Gasteiger charge is -2.15. The number of nitrogens with two attached hydrogens (primary N) is 1. The molecule has 2 N–H and O–H groups in total. The molecule has 0 saturated carbocycles. The minimum atomic E-state index is 0.675. The third kappa shape index (κ3) is 7.47. The highest BCUT2D eigenvalue weighted by molar-refractivity contribution is 5.12. The molecule has 0 spiro atoms. The zero-order valence-electron chi connectivity index (χ0n) is 11.3. The fourth-order valence-corrected chi connectivity index (χ4v) is 1.86. The van der Waals surface area contributed by atoms with Crippen molar-refractivity contribution in [3.63, 3.8) is 0 Å². The van der Waals surface area contributed by atoms with E-state index in [1.54, 1.807) is 0 Å². The lowest BCUT2D eigenvalue weighted by Crippen LogP contribution is -2.08. The van der Waals surface area contributed by atoms with Gasteiger partial charge in [-0.2, -0.15) is 0 Å². The maximum Gasteiger partial charge on any atom is 0.00750 e. The molecular formula is C14H29N. The van der Waals surface area contributed by atoms with Gasteiger partial charge >= 0.3 is 0 Å². The summed E-state index contributed by atoms with van der Waals surface area (Å²) in [5, 5.41) is 0. The quantitative estimate of drug-likeness (QED) is 0.660. The average molecular weight is 211 g/mol. The van der Waals surface area contributed by atoms with Gasteiger partial charge in [-0.25, -0.2) is 0 Å². The van der Waals surface area contributed by atoms with Gasteiger partial charge in [0.25, 0.3) is 0 Å². The second-order valence-corrected chi connectivity index (χ2v) is 5.43. The van der Waals surface area contributed by atoms with Crippen molar-refractivity contribution in [2.24, 2.45) is 17.6 Å². The maximum absolute atomic E-state index is 6.19. The van der Waals surface area contributed by atoms with E-state index in [-0.39, 0.29) is 0 Å². The SMILES string of the molecule is CCCC/C(CC(C)C)=C(/N)CC(C)C. The van der Waals surface area contributed by atoms with E-state index in [9.17, 15) is 0 Å². The van der Waals surface area contributed by atoms with Crippen LogP contribution in [0.1, 0.15) is 66.7 Å². The highest BCUT2D eigenvalue weighted by Gasteiger charge is 2.07. The summed E-state index contributed by atoms with van der Waals surface area (Å²) in [7, 11) is 0. The second kappa shape index (κ2) is 7.78. The van der Waals surface area contributed by atoms with Crippen LogP contribution in [0.3, 0.4) is 0 Å². The van der Waals surface area contributed by atoms with E-state index in [1.807, 2.05) is 0 Å². The molecule has 0 unspecified atom stereocenters. The van der Waals surface area contributed by atoms with Crippen LogP contribution in [-0.2, 0) is 0 Å². The first-order chi connectivity index (χ1) is 6.97. The predicted molar refractivity (Wildman–Crippen MR) is 69.6 cm³/mol. The lowest BCUT2D eigenvalue weighted by molar-refractivity contribution is 0.582. The number of rotatable bonds is 7. The van der Waals surface area contributed by atoms with Crippen molar-refractivity contribution in [2.75, 3.05) is 0 Å². The van der Waals surface area contributed by atoms with Crippen LogP contribution in [0, 0.1) is 11.8 Å². The summed E-state index contributed by atoms with van der Waals surface area (Å²) in [6.45, 7) is 11.3. The minimum Gasteiger partial charge on any atom is -0.402 e. The first kappa shape index (κ1) is 14.5. The van der Waals surface area contributed by atoms with E-state index >= 15 is 0 Å². The van der Waals surface area contributed by atoms with E-state index in [0.717, 1.165) is 18.0 Å². The van der Waals surface area contributed by atoms with E-state index in [1.165, 1.54) is 31.3 Å². The second-order valence-electron chi connectivity index (χ2n) is 5.43. The molecule has 1 heteroatoms. The van der Waals surface area contributed by atoms with Crippen LogP contribution < -0.4 is 5.73 Å². The molecule has 0 aliphatic heterocycles. The van der Waals surface area contributed by atoms with Gasteiger partial charge in [0.2, 0.25) is 0 Å². The molecule has 0 radical (unpaired) electrons. The molecule has 0 saturated heterocycles. The van der Waals surface area contributed by atoms with Gasteiger partial charge in [-0.05, 0) is 37.5 Å². The Morgan fingerprint density at radius 1 is 1.00 bits per heavy atom. The largest absolute Gasteiger partial charge is 0.402 e. The number of hydrogen-bond donors (Lipinski definition) is 1. The summed E-state index contributed by atoms with van der Waals surface area (Å²) in [5.41, 5.74) is 8.86. The molecule has 0 aromatic heterocycles. The van der Waals surface area contributed by atoms with Gasteiger partial charge in [0.1, 0.15) is 0 Å². The smallest absolute Gasteiger partial charge is 0.00750 e. The summed E-state index contributed by atoms with van der Waals surface area (Å²) in [4.78, 5) is 0. The van der Waals surface area contributed by atoms with E-state index in [2.05, 4.69) is 34.6 Å². The van der Waals surface area contributed by atoms with Gasteiger partial charge < -0.3 is 5.73 Å². The Morgan fingerprint density at radius 2 is 1.53 bits per heavy atom. The Morgan fingerprint density at radius 3 is 1.93 bits per heavy atom. The maximum atomic E-state index is 6.19. The lowest BCUT2D eigenvalue weighted by atomic mass is 9.94. The van der Waals surface area contributed by atoms with Crippen LogP contribution in [-0.4, -0.2) is 0 Å². The molecular weight excluding hydrogens is 182 g/mol. The van der Waals surface area contributed by atoms with Gasteiger partial charge in [-0.3, -0.25) is 0 Å². The summed E-state index contributed by atoms with van der Waals surface area (Å²) in [6.07, 6.45) is 5.98. The Kier molecular flexibility index (Phi) is 7.54. The molecule has 0 bridgehead atoms. The van der Waals surface area contributed by atoms with Crippen molar-refractivity contribution in [3.05, 3.63) is 11.3 Å². The van der Waals surface area contributed by atoms with Crippen LogP contribution in [0.4, 0.5) is 0 Å². The molecule has 0 amide bonds. The fourth-order valence-electron chi connectivity index (χ4n) is 1.86. The van der Waals surface area contributed by atoms with Gasteiger partial charge in [0.15, 0.2) is 0 Å². The normalized spacial score (nSPS) is 13.5. The van der Waals surface area contributed by atoms with Crippen LogP contribution >= 0.6 is 0 Å². The van der Waals surface area contributed by atoms with Crippen molar-refractivity contribution in [1.82, 2.24) is 0 Å². The van der Waals surface area contributed by atoms with Crippen LogP contribution in [0.25, 0.3) is 0 Å². The molecule has 1 nitrogen and oxygen atoms in total. The summed E-state index contributed by atoms with van der Waals surface area (Å²) < 4.78 is 0. The van der Waals surface area contributed by atoms with Crippen LogP contribution in [0.15, 0.2) is 11.3 Å². The third-order valence-electron chi connectivity index (χ3n) is 2.57. The molecule has 0 fully saturated rings. The van der Waals surface area contributed by atoms with Gasteiger partial charge in [-0.1, -0.05) is 46.6 Å². The first-order valence-electron chi connectivity index (χ1n) is 6.43. The van der Waals surface area contributed by atoms with Gasteiger partial charge in [0.05, 0.1) is 0 Å². The van der Waals surface area contributed by atoms with Crippen molar-refractivity contribution in [1.29, 1.82) is 0 Å². The van der Waals surface area contributed by atoms with Crippen molar-refractivity contribution in [3.8, 4) is 0 Å². The molecule has 0 rings (SSSR count). The van der Waals surface area contributed by atoms with Crippen molar-refractivity contribution >= 4 is 0 Å². The summed E-state index contributed by atoms with van der Waals surface area (Å²) >= 11 is 0. The number of allylic oxidation sites excluding steroid dienone is 2. The predicted octanol–water partition coefficient (Wildman–Crippen LogP) is 4.48. The molecule has 0 heterocycles. The molecule has 0 aromatic carbocycles. The Bertz CT molecular complexity index is 190. The fraction of sp³-hybridized carbons (Fsp3) is 0.857. The molecule has 15 heavy (non-hydrogen) atoms. The van der Waals surface area contributed by atoms with Crippen molar-refractivity contribution in [2.45, 2.75) is 66.7 Å². The monoisotopic (exact) mass is 211 g/mol. The van der Waals surface area contributed by atoms with Crippen molar-refractivity contribution < 1.29 is 0 Å². The van der Waals surface area contributed by atoms with Gasteiger partial charge in [-0.15, -0.1) is 0 Å².